The third-order valence-electron chi connectivity index (χ3n) is 1.97. The van der Waals surface area contributed by atoms with Crippen LogP contribution in [-0.2, 0) is 0 Å². The molecule has 0 rings (SSSR count). The van der Waals surface area contributed by atoms with Gasteiger partial charge in [0.25, 0.3) is 0 Å². The number of nitrogens with two attached hydrogens (primary N) is 1. The molecule has 5 heteroatoms. The number of hydrogen-bond donors (Lipinski definition) is 3. The van der Waals surface area contributed by atoms with Crippen LogP contribution in [0.3, 0.4) is 0 Å². The number of aliphatic imine (C=N–C) groups is 1. The van der Waals surface area contributed by atoms with E-state index in [9.17, 15) is 0 Å². The summed E-state index contributed by atoms with van der Waals surface area (Å²) in [7, 11) is 6.81. The molecule has 0 spiro atoms. The molecule has 0 fully saturated rings. The lowest BCUT2D eigenvalue weighted by atomic mass is 9.90. The van der Waals surface area contributed by atoms with Crippen molar-refractivity contribution in [2.75, 3.05) is 7.05 Å². The first-order chi connectivity index (χ1) is 7.56. The molecule has 0 saturated carbocycles. The minimum Gasteiger partial charge on any atom is -0.405 e. The van der Waals surface area contributed by atoms with Crippen molar-refractivity contribution in [3.05, 3.63) is 11.7 Å². The van der Waals surface area contributed by atoms with Crippen LogP contribution >= 0.6 is 0 Å². The molecule has 0 aliphatic rings. The topological polar surface area (TPSA) is 78.8 Å². The van der Waals surface area contributed by atoms with Crippen LogP contribution in [-0.4, -0.2) is 42.5 Å². The van der Waals surface area contributed by atoms with E-state index in [2.05, 4.69) is 4.99 Å². The van der Waals surface area contributed by atoms with E-state index in [0.717, 1.165) is 0 Å². The summed E-state index contributed by atoms with van der Waals surface area (Å²) in [6, 6.07) is 0. The molecular weight excluding hydrogens is 215 g/mol. The van der Waals surface area contributed by atoms with Gasteiger partial charge in [-0.1, -0.05) is 19.3 Å². The van der Waals surface area contributed by atoms with Crippen molar-refractivity contribution >= 4 is 14.1 Å². The normalized spacial score (nSPS) is 12.4. The summed E-state index contributed by atoms with van der Waals surface area (Å²) in [6.45, 7) is 10.3. The van der Waals surface area contributed by atoms with Crippen molar-refractivity contribution in [1.82, 2.24) is 0 Å². The fourth-order valence-electron chi connectivity index (χ4n) is 0.192. The van der Waals surface area contributed by atoms with Gasteiger partial charge in [-0.3, -0.25) is 4.99 Å². The molecule has 0 aromatic rings. The van der Waals surface area contributed by atoms with E-state index in [-0.39, 0.29) is 0 Å². The van der Waals surface area contributed by atoms with Crippen molar-refractivity contribution in [1.29, 1.82) is 0 Å². The maximum Gasteiger partial charge on any atom is 0.117 e. The van der Waals surface area contributed by atoms with Crippen LogP contribution in [0.4, 0.5) is 0 Å². The van der Waals surface area contributed by atoms with Crippen molar-refractivity contribution in [3.8, 4) is 0 Å². The van der Waals surface area contributed by atoms with E-state index in [0.29, 0.717) is 5.47 Å². The van der Waals surface area contributed by atoms with Gasteiger partial charge in [0.15, 0.2) is 0 Å². The van der Waals surface area contributed by atoms with Crippen LogP contribution in [0.15, 0.2) is 16.7 Å². The Kier molecular flexibility index (Phi) is 13.1. The zero-order chi connectivity index (χ0) is 14.7. The first kappa shape index (κ1) is 21.5. The van der Waals surface area contributed by atoms with Crippen LogP contribution in [0.5, 0.6) is 0 Å². The molecule has 2 radical (unpaired) electrons. The molecule has 0 atom stereocenters. The standard InChI is InChI=1S/C6H14O2.C4H7BN2.C2H6/c1-5(2,7)6(3,4)8;1-7-3-4(5)2-6;1-2/h7-8H,1-4H3;2-3H,6H2,1H3;1-2H3/b;4-2+,7-3?;. The lowest BCUT2D eigenvalue weighted by Crippen LogP contribution is -2.44. The minimum atomic E-state index is -1.01. The Hall–Kier alpha value is -0.805. The Morgan fingerprint density at radius 3 is 1.47 bits per heavy atom. The average Bonchev–Trinajstić information content (AvgIpc) is 2.19. The Balaban J connectivity index is -0.000000202. The number of allylic oxidation sites excluding steroid dienone is 1. The fourth-order valence-corrected chi connectivity index (χ4v) is 0.192. The molecule has 4 nitrogen and oxygen atoms in total. The van der Waals surface area contributed by atoms with E-state index in [1.807, 2.05) is 13.8 Å². The highest BCUT2D eigenvalue weighted by Gasteiger charge is 2.31. The van der Waals surface area contributed by atoms with Gasteiger partial charge >= 0.3 is 0 Å². The van der Waals surface area contributed by atoms with Gasteiger partial charge in [-0.15, -0.1) is 0 Å². The molecule has 0 aliphatic carbocycles. The number of hydrogen-bond acceptors (Lipinski definition) is 4. The number of rotatable bonds is 2. The number of aliphatic hydroxyl groups is 2. The summed E-state index contributed by atoms with van der Waals surface area (Å²) in [5.74, 6) is 0. The lowest BCUT2D eigenvalue weighted by molar-refractivity contribution is -0.107. The molecule has 17 heavy (non-hydrogen) atoms. The summed E-state index contributed by atoms with van der Waals surface area (Å²) < 4.78 is 0. The van der Waals surface area contributed by atoms with Gasteiger partial charge in [0.2, 0.25) is 0 Å². The Morgan fingerprint density at radius 1 is 1.12 bits per heavy atom. The third-order valence-corrected chi connectivity index (χ3v) is 1.97. The largest absolute Gasteiger partial charge is 0.405 e. The van der Waals surface area contributed by atoms with Crippen LogP contribution in [0.25, 0.3) is 0 Å². The van der Waals surface area contributed by atoms with E-state index in [1.165, 1.54) is 12.4 Å². The minimum absolute atomic E-state index is 0.488. The van der Waals surface area contributed by atoms with E-state index < -0.39 is 11.2 Å². The Bertz CT molecular complexity index is 214. The summed E-state index contributed by atoms with van der Waals surface area (Å²) in [6.07, 6.45) is 2.78. The van der Waals surface area contributed by atoms with Gasteiger partial charge in [0.1, 0.15) is 7.85 Å². The molecule has 100 valence electrons. The molecule has 0 heterocycles. The summed E-state index contributed by atoms with van der Waals surface area (Å²) in [5, 5.41) is 18.2. The Morgan fingerprint density at radius 2 is 1.41 bits per heavy atom. The van der Waals surface area contributed by atoms with Crippen LogP contribution in [0.1, 0.15) is 41.5 Å². The zero-order valence-corrected chi connectivity index (χ0v) is 12.2. The van der Waals surface area contributed by atoms with Crippen molar-refractivity contribution in [2.45, 2.75) is 52.7 Å². The van der Waals surface area contributed by atoms with Crippen molar-refractivity contribution in [3.63, 3.8) is 0 Å². The molecule has 0 aromatic carbocycles. The predicted octanol–water partition coefficient (Wildman–Crippen LogP) is 1.21. The van der Waals surface area contributed by atoms with Crippen molar-refractivity contribution in [2.24, 2.45) is 10.7 Å². The van der Waals surface area contributed by atoms with Gasteiger partial charge < -0.3 is 15.9 Å². The zero-order valence-electron chi connectivity index (χ0n) is 12.2. The maximum absolute atomic E-state index is 9.10. The molecule has 4 N–H and O–H groups in total. The molecular formula is C12H27BN2O2. The SMILES string of the molecule is CC.CC(C)(O)C(C)(C)O.[B]/C(C=NC)=C/N. The summed E-state index contributed by atoms with van der Waals surface area (Å²) in [4.78, 5) is 3.61. The lowest BCUT2D eigenvalue weighted by Gasteiger charge is -2.31. The van der Waals surface area contributed by atoms with E-state index in [1.54, 1.807) is 34.7 Å². The van der Waals surface area contributed by atoms with Crippen molar-refractivity contribution < 1.29 is 10.2 Å². The monoisotopic (exact) mass is 242 g/mol. The van der Waals surface area contributed by atoms with Crippen LogP contribution in [0.2, 0.25) is 0 Å². The predicted molar refractivity (Wildman–Crippen MR) is 76.4 cm³/mol. The quantitative estimate of drug-likeness (QED) is 0.503. The van der Waals surface area contributed by atoms with Gasteiger partial charge in [0.05, 0.1) is 11.2 Å². The highest BCUT2D eigenvalue weighted by atomic mass is 16.3. The fraction of sp³-hybridized carbons (Fsp3) is 0.750. The smallest absolute Gasteiger partial charge is 0.117 e. The van der Waals surface area contributed by atoms with Crippen LogP contribution in [0, 0.1) is 0 Å². The van der Waals surface area contributed by atoms with E-state index in [4.69, 9.17) is 23.8 Å². The molecule has 0 saturated heterocycles. The number of nitrogens with zero attached hydrogens (tertiary/aromatic N) is 1. The second-order valence-electron chi connectivity index (χ2n) is 4.17. The molecule has 0 bridgehead atoms. The first-order valence-electron chi connectivity index (χ1n) is 5.60. The van der Waals surface area contributed by atoms with Gasteiger partial charge in [-0.2, -0.15) is 0 Å². The second-order valence-corrected chi connectivity index (χ2v) is 4.17. The molecule has 0 amide bonds. The van der Waals surface area contributed by atoms with Gasteiger partial charge in [-0.25, -0.2) is 0 Å². The van der Waals surface area contributed by atoms with Crippen LogP contribution < -0.4 is 5.73 Å². The Labute approximate surface area is 107 Å². The maximum atomic E-state index is 9.10. The molecule has 0 aliphatic heterocycles. The molecule has 0 aromatic heterocycles. The van der Waals surface area contributed by atoms with Gasteiger partial charge in [0, 0.05) is 13.3 Å². The summed E-state index contributed by atoms with van der Waals surface area (Å²) in [5.41, 5.74) is 3.45. The highest BCUT2D eigenvalue weighted by Crippen LogP contribution is 2.19. The van der Waals surface area contributed by atoms with Gasteiger partial charge in [-0.05, 0) is 33.9 Å². The molecule has 0 unspecified atom stereocenters. The second kappa shape index (κ2) is 10.4. The first-order valence-corrected chi connectivity index (χ1v) is 5.60. The average molecular weight is 242 g/mol. The highest BCUT2D eigenvalue weighted by molar-refractivity contribution is 6.32. The third kappa shape index (κ3) is 15.2. The summed E-state index contributed by atoms with van der Waals surface area (Å²) >= 11 is 0. The van der Waals surface area contributed by atoms with E-state index >= 15 is 0 Å².